The number of H-pyrrole nitrogens is 1. The third-order valence-corrected chi connectivity index (χ3v) is 6.76. The van der Waals surface area contributed by atoms with E-state index in [1.807, 2.05) is 38.3 Å². The third-order valence-electron chi connectivity index (χ3n) is 4.88. The molecule has 0 saturated carbocycles. The second kappa shape index (κ2) is 8.57. The molecule has 0 spiro atoms. The summed E-state index contributed by atoms with van der Waals surface area (Å²) in [5, 5.41) is 2.67. The zero-order chi connectivity index (χ0) is 21.3. The summed E-state index contributed by atoms with van der Waals surface area (Å²) in [6.45, 7) is 6.75. The van der Waals surface area contributed by atoms with Crippen molar-refractivity contribution in [1.29, 1.82) is 0 Å². The number of nitrogens with zero attached hydrogens (tertiary/aromatic N) is 2. The van der Waals surface area contributed by atoms with E-state index in [1.54, 1.807) is 33.4 Å². The maximum atomic E-state index is 13.6. The van der Waals surface area contributed by atoms with E-state index in [-0.39, 0.29) is 17.5 Å². The molecule has 0 bridgehead atoms. The van der Waals surface area contributed by atoms with E-state index in [0.717, 1.165) is 26.6 Å². The Bertz CT molecular complexity index is 1300. The second-order valence-corrected chi connectivity index (χ2v) is 9.15. The summed E-state index contributed by atoms with van der Waals surface area (Å²) in [7, 11) is 0. The van der Waals surface area contributed by atoms with Gasteiger partial charge in [0, 0.05) is 39.7 Å². The first-order chi connectivity index (χ1) is 14.5. The number of fused-ring (bicyclic) bond motifs is 1. The highest BCUT2D eigenvalue weighted by atomic mass is 32.1. The van der Waals surface area contributed by atoms with Crippen molar-refractivity contribution in [2.75, 3.05) is 6.61 Å². The Morgan fingerprint density at radius 3 is 2.77 bits per heavy atom. The largest absolute Gasteiger partial charge is 0.488 e. The summed E-state index contributed by atoms with van der Waals surface area (Å²) in [6, 6.07) is 5.52. The quantitative estimate of drug-likeness (QED) is 0.455. The maximum Gasteiger partial charge on any atom is 0.263 e. The van der Waals surface area contributed by atoms with Crippen LogP contribution in [0.25, 0.3) is 20.7 Å². The van der Waals surface area contributed by atoms with Gasteiger partial charge in [0.15, 0.2) is 5.75 Å². The Morgan fingerprint density at radius 1 is 1.27 bits per heavy atom. The highest BCUT2D eigenvalue weighted by Gasteiger charge is 2.20. The topological polar surface area (TPSA) is 77.0 Å². The molecule has 6 nitrogen and oxygen atoms in total. The monoisotopic (exact) mass is 441 g/mol. The zero-order valence-corrected chi connectivity index (χ0v) is 18.8. The minimum Gasteiger partial charge on any atom is -0.488 e. The number of rotatable bonds is 7. The van der Waals surface area contributed by atoms with Crippen LogP contribution in [0.5, 0.6) is 5.75 Å². The normalized spacial score (nSPS) is 11.3. The second-order valence-electron chi connectivity index (χ2n) is 7.00. The van der Waals surface area contributed by atoms with Crippen LogP contribution >= 0.6 is 22.7 Å². The number of nitrogens with one attached hydrogen (secondary N) is 1. The summed E-state index contributed by atoms with van der Waals surface area (Å²) >= 11 is 3.17. The van der Waals surface area contributed by atoms with Crippen LogP contribution in [-0.4, -0.2) is 21.1 Å². The summed E-state index contributed by atoms with van der Waals surface area (Å²) in [6.07, 6.45) is 3.02. The molecule has 0 saturated heterocycles. The molecular weight excluding hydrogens is 418 g/mol. The zero-order valence-electron chi connectivity index (χ0n) is 17.2. The molecule has 0 amide bonds. The van der Waals surface area contributed by atoms with Crippen molar-refractivity contribution >= 4 is 32.9 Å². The third kappa shape index (κ3) is 3.73. The minimum absolute atomic E-state index is 0.0724. The Morgan fingerprint density at radius 2 is 2.10 bits per heavy atom. The molecule has 0 radical (unpaired) electrons. The predicted molar refractivity (Wildman–Crippen MR) is 123 cm³/mol. The Kier molecular flexibility index (Phi) is 5.87. The summed E-state index contributed by atoms with van der Waals surface area (Å²) < 4.78 is 7.13. The number of aromatic amines is 1. The van der Waals surface area contributed by atoms with E-state index in [9.17, 15) is 9.59 Å². The van der Waals surface area contributed by atoms with Gasteiger partial charge in [-0.05, 0) is 24.8 Å². The van der Waals surface area contributed by atoms with Crippen LogP contribution in [0.3, 0.4) is 0 Å². The molecule has 0 atom stereocenters. The van der Waals surface area contributed by atoms with E-state index in [2.05, 4.69) is 4.98 Å². The lowest BCUT2D eigenvalue weighted by Crippen LogP contribution is -2.26. The fourth-order valence-electron chi connectivity index (χ4n) is 3.47. The van der Waals surface area contributed by atoms with E-state index in [4.69, 9.17) is 9.72 Å². The molecule has 8 heteroatoms. The molecule has 1 N–H and O–H groups in total. The SMILES string of the molecule is CCCOc1c[nH]c(Cn2c(CC)nc3sc(C)c(-c4cccs4)c3c2=O)cc1=O. The molecule has 0 aliphatic rings. The highest BCUT2D eigenvalue weighted by Crippen LogP contribution is 2.38. The van der Waals surface area contributed by atoms with E-state index in [0.29, 0.717) is 35.7 Å². The summed E-state index contributed by atoms with van der Waals surface area (Å²) in [4.78, 5) is 36.7. The molecule has 0 unspecified atom stereocenters. The highest BCUT2D eigenvalue weighted by molar-refractivity contribution is 7.20. The van der Waals surface area contributed by atoms with Gasteiger partial charge in [0.25, 0.3) is 5.56 Å². The van der Waals surface area contributed by atoms with Crippen LogP contribution < -0.4 is 15.7 Å². The first-order valence-electron chi connectivity index (χ1n) is 9.94. The first-order valence-corrected chi connectivity index (χ1v) is 11.6. The molecule has 4 rings (SSSR count). The lowest BCUT2D eigenvalue weighted by atomic mass is 10.1. The van der Waals surface area contributed by atoms with Gasteiger partial charge in [0.05, 0.1) is 18.5 Å². The first kappa shape index (κ1) is 20.6. The van der Waals surface area contributed by atoms with Crippen molar-refractivity contribution in [3.63, 3.8) is 0 Å². The molecule has 0 fully saturated rings. The number of ether oxygens (including phenoxy) is 1. The van der Waals surface area contributed by atoms with Gasteiger partial charge in [-0.1, -0.05) is 19.9 Å². The standard InChI is InChI=1S/C22H23N3O3S2/c1-4-8-28-16-11-23-14(10-15(16)26)12-25-18(5-2)24-21-20(22(25)27)19(13(3)30-21)17-7-6-9-29-17/h6-7,9-11H,4-5,8,12H2,1-3H3,(H,23,26). The lowest BCUT2D eigenvalue weighted by molar-refractivity contribution is 0.313. The molecule has 4 aromatic rings. The fraction of sp³-hybridized carbons (Fsp3) is 0.318. The van der Waals surface area contributed by atoms with Gasteiger partial charge in [0.1, 0.15) is 10.7 Å². The molecule has 0 aliphatic carbocycles. The predicted octanol–water partition coefficient (Wildman–Crippen LogP) is 4.58. The van der Waals surface area contributed by atoms with Gasteiger partial charge >= 0.3 is 0 Å². The van der Waals surface area contributed by atoms with Crippen LogP contribution in [-0.2, 0) is 13.0 Å². The maximum absolute atomic E-state index is 13.6. The van der Waals surface area contributed by atoms with Gasteiger partial charge in [-0.2, -0.15) is 0 Å². The van der Waals surface area contributed by atoms with E-state index in [1.165, 1.54) is 6.07 Å². The Hall–Kier alpha value is -2.71. The fourth-order valence-corrected chi connectivity index (χ4v) is 5.42. The van der Waals surface area contributed by atoms with Crippen molar-refractivity contribution in [2.45, 2.75) is 40.2 Å². The lowest BCUT2D eigenvalue weighted by Gasteiger charge is -2.12. The van der Waals surface area contributed by atoms with Crippen LogP contribution in [0.1, 0.15) is 36.7 Å². The van der Waals surface area contributed by atoms with E-state index >= 15 is 0 Å². The van der Waals surface area contributed by atoms with Crippen molar-refractivity contribution in [1.82, 2.24) is 14.5 Å². The number of aromatic nitrogens is 3. The number of thiophene rings is 2. The van der Waals surface area contributed by atoms with Crippen LogP contribution in [0.15, 0.2) is 39.4 Å². The Labute approximate surface area is 181 Å². The average molecular weight is 442 g/mol. The average Bonchev–Trinajstić information content (AvgIpc) is 3.36. The summed E-state index contributed by atoms with van der Waals surface area (Å²) in [5.74, 6) is 1.00. The number of pyridine rings is 1. The molecule has 30 heavy (non-hydrogen) atoms. The molecule has 4 aromatic heterocycles. The number of hydrogen-bond donors (Lipinski definition) is 1. The van der Waals surface area contributed by atoms with Crippen LogP contribution in [0.2, 0.25) is 0 Å². The van der Waals surface area contributed by atoms with Crippen molar-refractivity contribution in [3.05, 3.63) is 66.7 Å². The van der Waals surface area contributed by atoms with Gasteiger partial charge in [-0.15, -0.1) is 22.7 Å². The van der Waals surface area contributed by atoms with Gasteiger partial charge in [0.2, 0.25) is 5.43 Å². The molecule has 0 aromatic carbocycles. The molecule has 4 heterocycles. The molecule has 156 valence electrons. The molecular formula is C22H23N3O3S2. The van der Waals surface area contributed by atoms with E-state index < -0.39 is 0 Å². The van der Waals surface area contributed by atoms with Gasteiger partial charge < -0.3 is 9.72 Å². The van der Waals surface area contributed by atoms with Crippen LogP contribution in [0, 0.1) is 6.92 Å². The van der Waals surface area contributed by atoms with Crippen LogP contribution in [0.4, 0.5) is 0 Å². The van der Waals surface area contributed by atoms with Crippen molar-refractivity contribution in [2.24, 2.45) is 0 Å². The summed E-state index contributed by atoms with van der Waals surface area (Å²) in [5.41, 5.74) is 1.35. The Balaban J connectivity index is 1.82. The number of aryl methyl sites for hydroxylation is 2. The van der Waals surface area contributed by atoms with Gasteiger partial charge in [-0.3, -0.25) is 14.2 Å². The number of hydrogen-bond acceptors (Lipinski definition) is 6. The van der Waals surface area contributed by atoms with Crippen molar-refractivity contribution < 1.29 is 4.74 Å². The smallest absolute Gasteiger partial charge is 0.263 e. The minimum atomic E-state index is -0.192. The van der Waals surface area contributed by atoms with Gasteiger partial charge in [-0.25, -0.2) is 4.98 Å². The molecule has 0 aliphatic heterocycles. The van der Waals surface area contributed by atoms with Crippen molar-refractivity contribution in [3.8, 4) is 16.2 Å².